The maximum absolute atomic E-state index is 14.6. The van der Waals surface area contributed by atoms with Crippen LogP contribution in [0.4, 0.5) is 17.6 Å². The van der Waals surface area contributed by atoms with Crippen molar-refractivity contribution < 1.29 is 34.4 Å². The molecule has 0 atom stereocenters. The molecule has 0 amide bonds. The van der Waals surface area contributed by atoms with Crippen LogP contribution in [-0.2, 0) is 24.6 Å². The molecule has 1 N–H and O–H groups in total. The standard InChI is InChI=1S/C18H15Cl2F4NO4S2/c19-12-1-4-14(5-2-12)30(26,27)17(15-7-13(20)3-6-16(15)21)8-11(9-17)10-25-31(28,29)18(22,23)24/h1-7,11,25H,8-10H2. The predicted molar refractivity (Wildman–Crippen MR) is 107 cm³/mol. The number of sulfonamides is 1. The molecule has 0 unspecified atom stereocenters. The third kappa shape index (κ3) is 4.43. The molecule has 2 aromatic carbocycles. The van der Waals surface area contributed by atoms with Gasteiger partial charge in [0.05, 0.1) is 4.90 Å². The van der Waals surface area contributed by atoms with E-state index in [1.807, 2.05) is 0 Å². The molecule has 0 radical (unpaired) electrons. The summed E-state index contributed by atoms with van der Waals surface area (Å²) in [7, 11) is -9.83. The van der Waals surface area contributed by atoms with E-state index in [0.717, 1.165) is 12.1 Å². The highest BCUT2D eigenvalue weighted by molar-refractivity contribution is 7.92. The van der Waals surface area contributed by atoms with Crippen LogP contribution in [0.2, 0.25) is 10.0 Å². The second-order valence-corrected chi connectivity index (χ2v) is 12.0. The summed E-state index contributed by atoms with van der Waals surface area (Å²) in [5.41, 5.74) is -5.73. The molecule has 5 nitrogen and oxygen atoms in total. The quantitative estimate of drug-likeness (QED) is 0.563. The zero-order chi connectivity index (χ0) is 23.2. The lowest BCUT2D eigenvalue weighted by Crippen LogP contribution is -2.52. The summed E-state index contributed by atoms with van der Waals surface area (Å²) >= 11 is 11.7. The lowest BCUT2D eigenvalue weighted by atomic mass is 9.70. The molecule has 0 saturated heterocycles. The lowest BCUT2D eigenvalue weighted by Gasteiger charge is -2.47. The van der Waals surface area contributed by atoms with Gasteiger partial charge in [0.2, 0.25) is 0 Å². The molecular formula is C18H15Cl2F4NO4S2. The molecule has 0 heterocycles. The maximum atomic E-state index is 14.6. The highest BCUT2D eigenvalue weighted by Crippen LogP contribution is 2.54. The van der Waals surface area contributed by atoms with E-state index in [-0.39, 0.29) is 33.3 Å². The predicted octanol–water partition coefficient (Wildman–Crippen LogP) is 4.65. The van der Waals surface area contributed by atoms with E-state index < -0.39 is 48.4 Å². The van der Waals surface area contributed by atoms with Gasteiger partial charge < -0.3 is 0 Å². The van der Waals surface area contributed by atoms with Crippen LogP contribution in [0.1, 0.15) is 18.4 Å². The van der Waals surface area contributed by atoms with Crippen LogP contribution in [0.25, 0.3) is 0 Å². The fourth-order valence-electron chi connectivity index (χ4n) is 3.60. The molecule has 170 valence electrons. The lowest BCUT2D eigenvalue weighted by molar-refractivity contribution is -0.0449. The number of rotatable bonds is 6. The minimum atomic E-state index is -5.59. The smallest absolute Gasteiger partial charge is 0.223 e. The Morgan fingerprint density at radius 2 is 1.52 bits per heavy atom. The molecule has 3 rings (SSSR count). The van der Waals surface area contributed by atoms with Gasteiger partial charge in [-0.1, -0.05) is 23.2 Å². The SMILES string of the molecule is O=S(=O)(NCC1CC(c2cc(Cl)ccc2F)(S(=O)(=O)c2ccc(Cl)cc2)C1)C(F)(F)F. The van der Waals surface area contributed by atoms with Crippen LogP contribution in [0.5, 0.6) is 0 Å². The third-order valence-electron chi connectivity index (χ3n) is 5.16. The van der Waals surface area contributed by atoms with E-state index in [2.05, 4.69) is 0 Å². The minimum Gasteiger partial charge on any atom is -0.223 e. The van der Waals surface area contributed by atoms with E-state index in [4.69, 9.17) is 23.2 Å². The molecule has 1 fully saturated rings. The fourth-order valence-corrected chi connectivity index (χ4v) is 6.82. The summed E-state index contributed by atoms with van der Waals surface area (Å²) in [6.45, 7) is -0.651. The van der Waals surface area contributed by atoms with Crippen molar-refractivity contribution in [1.29, 1.82) is 0 Å². The molecule has 0 aromatic heterocycles. The first-order chi connectivity index (χ1) is 14.2. The van der Waals surface area contributed by atoms with Crippen molar-refractivity contribution in [3.63, 3.8) is 0 Å². The Morgan fingerprint density at radius 1 is 0.968 bits per heavy atom. The Balaban J connectivity index is 1.98. The monoisotopic (exact) mass is 519 g/mol. The Labute approximate surface area is 186 Å². The Hall–Kier alpha value is -1.40. The molecule has 2 aromatic rings. The van der Waals surface area contributed by atoms with Gasteiger partial charge in [-0.3, -0.25) is 0 Å². The number of benzene rings is 2. The zero-order valence-corrected chi connectivity index (χ0v) is 18.6. The molecule has 1 aliphatic carbocycles. The highest BCUT2D eigenvalue weighted by atomic mass is 35.5. The van der Waals surface area contributed by atoms with Gasteiger partial charge in [-0.15, -0.1) is 0 Å². The number of hydrogen-bond donors (Lipinski definition) is 1. The molecule has 0 aliphatic heterocycles. The van der Waals surface area contributed by atoms with Crippen molar-refractivity contribution in [2.75, 3.05) is 6.54 Å². The van der Waals surface area contributed by atoms with Crippen molar-refractivity contribution >= 4 is 43.1 Å². The number of halogens is 6. The van der Waals surface area contributed by atoms with Crippen LogP contribution < -0.4 is 4.72 Å². The van der Waals surface area contributed by atoms with Crippen molar-refractivity contribution in [3.8, 4) is 0 Å². The van der Waals surface area contributed by atoms with Gasteiger partial charge in [-0.05, 0) is 61.2 Å². The molecule has 31 heavy (non-hydrogen) atoms. The van der Waals surface area contributed by atoms with Crippen LogP contribution in [0.15, 0.2) is 47.4 Å². The van der Waals surface area contributed by atoms with Gasteiger partial charge in [0, 0.05) is 22.2 Å². The van der Waals surface area contributed by atoms with Gasteiger partial charge in [0.25, 0.3) is 0 Å². The fraction of sp³-hybridized carbons (Fsp3) is 0.333. The number of nitrogens with one attached hydrogen (secondary N) is 1. The summed E-state index contributed by atoms with van der Waals surface area (Å²) < 4.78 is 101. The van der Waals surface area contributed by atoms with Gasteiger partial charge >= 0.3 is 15.5 Å². The van der Waals surface area contributed by atoms with Crippen molar-refractivity contribution in [2.45, 2.75) is 28.0 Å². The Morgan fingerprint density at radius 3 is 2.06 bits per heavy atom. The molecule has 0 spiro atoms. The number of alkyl halides is 3. The van der Waals surface area contributed by atoms with E-state index in [9.17, 15) is 34.4 Å². The average molecular weight is 520 g/mol. The second kappa shape index (κ2) is 8.18. The van der Waals surface area contributed by atoms with Gasteiger partial charge in [0.15, 0.2) is 9.84 Å². The van der Waals surface area contributed by atoms with E-state index >= 15 is 0 Å². The first-order valence-electron chi connectivity index (χ1n) is 8.71. The zero-order valence-electron chi connectivity index (χ0n) is 15.5. The third-order valence-corrected chi connectivity index (χ3v) is 9.28. The summed E-state index contributed by atoms with van der Waals surface area (Å²) in [5, 5.41) is 0.346. The first-order valence-corrected chi connectivity index (χ1v) is 12.4. The van der Waals surface area contributed by atoms with Crippen LogP contribution >= 0.6 is 23.2 Å². The molecule has 1 saturated carbocycles. The van der Waals surface area contributed by atoms with Gasteiger partial charge in [0.1, 0.15) is 10.6 Å². The molecule has 1 aliphatic rings. The minimum absolute atomic E-state index is 0.0725. The Kier molecular flexibility index (Phi) is 6.40. The summed E-state index contributed by atoms with van der Waals surface area (Å²) in [6.07, 6.45) is -0.620. The van der Waals surface area contributed by atoms with Crippen molar-refractivity contribution in [3.05, 3.63) is 63.9 Å². The largest absolute Gasteiger partial charge is 0.511 e. The summed E-state index contributed by atoms with van der Waals surface area (Å²) in [6, 6.07) is 8.53. The van der Waals surface area contributed by atoms with Crippen LogP contribution in [0, 0.1) is 11.7 Å². The highest BCUT2D eigenvalue weighted by Gasteiger charge is 2.57. The van der Waals surface area contributed by atoms with Gasteiger partial charge in [-0.25, -0.2) is 25.9 Å². The van der Waals surface area contributed by atoms with Gasteiger partial charge in [-0.2, -0.15) is 13.2 Å². The van der Waals surface area contributed by atoms with Crippen molar-refractivity contribution in [2.24, 2.45) is 5.92 Å². The molecule has 13 heteroatoms. The Bertz CT molecular complexity index is 1190. The van der Waals surface area contributed by atoms with E-state index in [1.165, 1.54) is 35.1 Å². The number of sulfone groups is 1. The molecular weight excluding hydrogens is 505 g/mol. The van der Waals surface area contributed by atoms with Crippen LogP contribution in [-0.4, -0.2) is 28.9 Å². The topological polar surface area (TPSA) is 80.3 Å². The second-order valence-electron chi connectivity index (χ2n) is 7.15. The van der Waals surface area contributed by atoms with E-state index in [0.29, 0.717) is 0 Å². The summed E-state index contributed by atoms with van der Waals surface area (Å²) in [5.74, 6) is -1.63. The maximum Gasteiger partial charge on any atom is 0.511 e. The summed E-state index contributed by atoms with van der Waals surface area (Å²) in [4.78, 5) is -0.161. The molecule has 0 bridgehead atoms. The average Bonchev–Trinajstić information content (AvgIpc) is 2.62. The number of hydrogen-bond acceptors (Lipinski definition) is 4. The van der Waals surface area contributed by atoms with E-state index in [1.54, 1.807) is 0 Å². The first kappa shape index (κ1) is 24.2. The normalized spacial score (nSPS) is 22.2. The van der Waals surface area contributed by atoms with Crippen LogP contribution in [0.3, 0.4) is 0 Å². The van der Waals surface area contributed by atoms with Crippen molar-refractivity contribution in [1.82, 2.24) is 4.72 Å².